The van der Waals surface area contributed by atoms with Crippen LogP contribution in [-0.4, -0.2) is 22.7 Å². The number of hydrogen-bond acceptors (Lipinski definition) is 2. The van der Waals surface area contributed by atoms with E-state index in [1.807, 2.05) is 11.8 Å². The molecule has 0 amide bonds. The average Bonchev–Trinajstić information content (AvgIpc) is 1.89. The van der Waals surface area contributed by atoms with Gasteiger partial charge in [-0.25, -0.2) is 0 Å². The standard InChI is InChI=1S/C8H16OS/c1-3-5-8(9)6-7-10-4-2/h3,8-9H,1,4-7H2,2H3. The summed E-state index contributed by atoms with van der Waals surface area (Å²) in [5, 5.41) is 9.19. The van der Waals surface area contributed by atoms with Crippen LogP contribution in [0.4, 0.5) is 0 Å². The van der Waals surface area contributed by atoms with Crippen molar-refractivity contribution in [2.45, 2.75) is 25.9 Å². The first-order chi connectivity index (χ1) is 4.81. The van der Waals surface area contributed by atoms with Crippen molar-refractivity contribution in [2.75, 3.05) is 11.5 Å². The molecule has 0 aromatic heterocycles. The van der Waals surface area contributed by atoms with Crippen LogP contribution in [-0.2, 0) is 0 Å². The molecular formula is C8H16OS. The molecule has 60 valence electrons. The van der Waals surface area contributed by atoms with Crippen LogP contribution >= 0.6 is 11.8 Å². The van der Waals surface area contributed by atoms with E-state index in [1.165, 1.54) is 0 Å². The highest BCUT2D eigenvalue weighted by atomic mass is 32.2. The number of thioether (sulfide) groups is 1. The Morgan fingerprint density at radius 2 is 2.40 bits per heavy atom. The molecule has 0 heterocycles. The van der Waals surface area contributed by atoms with Crippen molar-refractivity contribution in [2.24, 2.45) is 0 Å². The molecular weight excluding hydrogens is 144 g/mol. The summed E-state index contributed by atoms with van der Waals surface area (Å²) in [6, 6.07) is 0. The zero-order valence-corrected chi connectivity index (χ0v) is 7.36. The van der Waals surface area contributed by atoms with Crippen LogP contribution in [0.3, 0.4) is 0 Å². The molecule has 0 aliphatic rings. The molecule has 0 rings (SSSR count). The van der Waals surface area contributed by atoms with Crippen LogP contribution < -0.4 is 0 Å². The monoisotopic (exact) mass is 160 g/mol. The summed E-state index contributed by atoms with van der Waals surface area (Å²) in [5.41, 5.74) is 0. The van der Waals surface area contributed by atoms with Gasteiger partial charge < -0.3 is 5.11 Å². The van der Waals surface area contributed by atoms with E-state index in [1.54, 1.807) is 6.08 Å². The molecule has 0 bridgehead atoms. The van der Waals surface area contributed by atoms with E-state index in [9.17, 15) is 5.11 Å². The fourth-order valence-electron chi connectivity index (χ4n) is 0.674. The molecule has 1 N–H and O–H groups in total. The fourth-order valence-corrected chi connectivity index (χ4v) is 1.40. The second-order valence-corrected chi connectivity index (χ2v) is 3.56. The van der Waals surface area contributed by atoms with Crippen molar-refractivity contribution >= 4 is 11.8 Å². The molecule has 1 nitrogen and oxygen atoms in total. The summed E-state index contributed by atoms with van der Waals surface area (Å²) < 4.78 is 0. The molecule has 0 aromatic rings. The topological polar surface area (TPSA) is 20.2 Å². The van der Waals surface area contributed by atoms with Gasteiger partial charge in [0.1, 0.15) is 0 Å². The fraction of sp³-hybridized carbons (Fsp3) is 0.750. The Labute approximate surface area is 67.5 Å². The molecule has 0 fully saturated rings. The van der Waals surface area contributed by atoms with Gasteiger partial charge in [0.2, 0.25) is 0 Å². The summed E-state index contributed by atoms with van der Waals surface area (Å²) in [6.45, 7) is 5.69. The summed E-state index contributed by atoms with van der Waals surface area (Å²) in [5.74, 6) is 2.20. The lowest BCUT2D eigenvalue weighted by atomic mass is 10.2. The van der Waals surface area contributed by atoms with Gasteiger partial charge in [-0.05, 0) is 24.3 Å². The lowest BCUT2D eigenvalue weighted by molar-refractivity contribution is 0.175. The van der Waals surface area contributed by atoms with E-state index in [4.69, 9.17) is 0 Å². The molecule has 0 saturated carbocycles. The second-order valence-electron chi connectivity index (χ2n) is 2.16. The van der Waals surface area contributed by atoms with Crippen LogP contribution in [0.1, 0.15) is 19.8 Å². The number of aliphatic hydroxyl groups excluding tert-OH is 1. The Bertz CT molecular complexity index is 83.3. The van der Waals surface area contributed by atoms with Crippen molar-refractivity contribution in [3.05, 3.63) is 12.7 Å². The van der Waals surface area contributed by atoms with Crippen LogP contribution in [0, 0.1) is 0 Å². The third-order valence-electron chi connectivity index (χ3n) is 1.24. The van der Waals surface area contributed by atoms with Gasteiger partial charge in [-0.3, -0.25) is 0 Å². The van der Waals surface area contributed by atoms with E-state index in [0.29, 0.717) is 0 Å². The number of aliphatic hydroxyl groups is 1. The minimum Gasteiger partial charge on any atom is -0.393 e. The van der Waals surface area contributed by atoms with Crippen LogP contribution in [0.25, 0.3) is 0 Å². The Hall–Kier alpha value is 0.0500. The zero-order chi connectivity index (χ0) is 7.82. The van der Waals surface area contributed by atoms with Gasteiger partial charge in [-0.1, -0.05) is 13.0 Å². The predicted molar refractivity (Wildman–Crippen MR) is 48.4 cm³/mol. The van der Waals surface area contributed by atoms with Gasteiger partial charge in [0.15, 0.2) is 0 Å². The summed E-state index contributed by atoms with van der Waals surface area (Å²) >= 11 is 1.87. The third kappa shape index (κ3) is 6.17. The van der Waals surface area contributed by atoms with Crippen molar-refractivity contribution < 1.29 is 5.11 Å². The molecule has 0 aliphatic heterocycles. The molecule has 0 aromatic carbocycles. The maximum atomic E-state index is 9.19. The lowest BCUT2D eigenvalue weighted by Gasteiger charge is -2.05. The number of hydrogen-bond donors (Lipinski definition) is 1. The Kier molecular flexibility index (Phi) is 7.20. The number of rotatable bonds is 6. The molecule has 2 heteroatoms. The highest BCUT2D eigenvalue weighted by Crippen LogP contribution is 2.06. The molecule has 0 saturated heterocycles. The van der Waals surface area contributed by atoms with Gasteiger partial charge in [-0.2, -0.15) is 11.8 Å². The van der Waals surface area contributed by atoms with E-state index in [2.05, 4.69) is 13.5 Å². The summed E-state index contributed by atoms with van der Waals surface area (Å²) in [6.07, 6.45) is 3.22. The predicted octanol–water partition coefficient (Wildman–Crippen LogP) is 2.07. The van der Waals surface area contributed by atoms with Gasteiger partial charge in [0.25, 0.3) is 0 Å². The molecule has 1 unspecified atom stereocenters. The van der Waals surface area contributed by atoms with E-state index < -0.39 is 0 Å². The lowest BCUT2D eigenvalue weighted by Crippen LogP contribution is -2.05. The Morgan fingerprint density at radius 1 is 1.70 bits per heavy atom. The quantitative estimate of drug-likeness (QED) is 0.474. The largest absolute Gasteiger partial charge is 0.393 e. The average molecular weight is 160 g/mol. The second kappa shape index (κ2) is 7.16. The van der Waals surface area contributed by atoms with Crippen LogP contribution in [0.15, 0.2) is 12.7 Å². The van der Waals surface area contributed by atoms with Crippen LogP contribution in [0.2, 0.25) is 0 Å². The Balaban J connectivity index is 3.04. The van der Waals surface area contributed by atoms with Gasteiger partial charge in [0, 0.05) is 0 Å². The van der Waals surface area contributed by atoms with Gasteiger partial charge in [0.05, 0.1) is 6.10 Å². The molecule has 0 spiro atoms. The smallest absolute Gasteiger partial charge is 0.0582 e. The zero-order valence-electron chi connectivity index (χ0n) is 6.55. The molecule has 0 aliphatic carbocycles. The maximum absolute atomic E-state index is 9.19. The first-order valence-corrected chi connectivity index (χ1v) is 4.83. The van der Waals surface area contributed by atoms with Crippen LogP contribution in [0.5, 0.6) is 0 Å². The van der Waals surface area contributed by atoms with E-state index in [0.717, 1.165) is 24.3 Å². The maximum Gasteiger partial charge on any atom is 0.0582 e. The summed E-state index contributed by atoms with van der Waals surface area (Å²) in [7, 11) is 0. The van der Waals surface area contributed by atoms with Crippen molar-refractivity contribution in [1.29, 1.82) is 0 Å². The highest BCUT2D eigenvalue weighted by molar-refractivity contribution is 7.99. The van der Waals surface area contributed by atoms with E-state index in [-0.39, 0.29) is 6.10 Å². The SMILES string of the molecule is C=CCC(O)CCSCC. The molecule has 0 radical (unpaired) electrons. The first kappa shape index (κ1) is 10.0. The van der Waals surface area contributed by atoms with Crippen molar-refractivity contribution in [1.82, 2.24) is 0 Å². The summed E-state index contributed by atoms with van der Waals surface area (Å²) in [4.78, 5) is 0. The van der Waals surface area contributed by atoms with Crippen molar-refractivity contribution in [3.63, 3.8) is 0 Å². The minimum absolute atomic E-state index is 0.170. The first-order valence-electron chi connectivity index (χ1n) is 3.68. The van der Waals surface area contributed by atoms with Gasteiger partial charge >= 0.3 is 0 Å². The molecule has 10 heavy (non-hydrogen) atoms. The Morgan fingerprint density at radius 3 is 2.90 bits per heavy atom. The van der Waals surface area contributed by atoms with Crippen molar-refractivity contribution in [3.8, 4) is 0 Å². The third-order valence-corrected chi connectivity index (χ3v) is 2.17. The normalized spacial score (nSPS) is 13.0. The van der Waals surface area contributed by atoms with E-state index >= 15 is 0 Å². The highest BCUT2D eigenvalue weighted by Gasteiger charge is 1.99. The molecule has 1 atom stereocenters. The minimum atomic E-state index is -0.170. The van der Waals surface area contributed by atoms with Gasteiger partial charge in [-0.15, -0.1) is 6.58 Å².